The first-order valence-electron chi connectivity index (χ1n) is 5.18. The third kappa shape index (κ3) is 2.04. The fraction of sp³-hybridized carbons (Fsp3) is 0.500. The maximum Gasteiger partial charge on any atom is 0.328 e. The van der Waals surface area contributed by atoms with E-state index in [-0.39, 0.29) is 11.6 Å². The van der Waals surface area contributed by atoms with Crippen molar-refractivity contribution in [3.05, 3.63) is 32.6 Å². The van der Waals surface area contributed by atoms with Crippen molar-refractivity contribution in [1.29, 1.82) is 5.26 Å². The highest BCUT2D eigenvalue weighted by Crippen LogP contribution is 2.06. The second-order valence-corrected chi connectivity index (χ2v) is 3.86. The van der Waals surface area contributed by atoms with Crippen LogP contribution in [0, 0.1) is 11.3 Å². The van der Waals surface area contributed by atoms with Crippen LogP contribution in [-0.4, -0.2) is 22.1 Å². The van der Waals surface area contributed by atoms with Gasteiger partial charge in [-0.2, -0.15) is 5.26 Å². The Bertz CT molecular complexity index is 531. The molecule has 1 aromatic heterocycles. The lowest BCUT2D eigenvalue weighted by Gasteiger charge is -2.11. The van der Waals surface area contributed by atoms with Gasteiger partial charge in [0.2, 0.25) is 0 Å². The Hall–Kier alpha value is -1.87. The van der Waals surface area contributed by atoms with E-state index in [1.54, 1.807) is 6.07 Å². The average molecular weight is 220 g/mol. The molecule has 16 heavy (non-hydrogen) atoms. The molecule has 0 saturated carbocycles. The topological polar surface area (TPSA) is 90.7 Å². The van der Waals surface area contributed by atoms with Crippen molar-refractivity contribution in [2.75, 3.05) is 6.54 Å². The molecule has 0 aliphatic carbocycles. The zero-order valence-electron chi connectivity index (χ0n) is 8.69. The first-order valence-corrected chi connectivity index (χ1v) is 5.18. The summed E-state index contributed by atoms with van der Waals surface area (Å²) >= 11 is 0. The third-order valence-corrected chi connectivity index (χ3v) is 2.71. The molecule has 1 fully saturated rings. The number of nitriles is 1. The number of H-pyrrole nitrogens is 1. The van der Waals surface area contributed by atoms with Crippen molar-refractivity contribution in [3.63, 3.8) is 0 Å². The molecular formula is C10H12N4O2. The van der Waals surface area contributed by atoms with Crippen LogP contribution in [0.4, 0.5) is 0 Å². The summed E-state index contributed by atoms with van der Waals surface area (Å²) in [6.45, 7) is 1.44. The predicted molar refractivity (Wildman–Crippen MR) is 57.1 cm³/mol. The Kier molecular flexibility index (Phi) is 2.88. The van der Waals surface area contributed by atoms with Crippen molar-refractivity contribution in [2.24, 2.45) is 0 Å². The minimum atomic E-state index is -0.622. The standard InChI is InChI=1S/C10H12N4O2/c11-4-7-5-14(10(16)13-9(7)15)6-8-2-1-3-12-8/h5,8,12H,1-3,6H2,(H,13,15,16)/t8-/m0/s1. The molecule has 2 heterocycles. The molecule has 0 aromatic carbocycles. The van der Waals surface area contributed by atoms with Gasteiger partial charge in [0, 0.05) is 18.8 Å². The second-order valence-electron chi connectivity index (χ2n) is 3.86. The average Bonchev–Trinajstić information content (AvgIpc) is 2.75. The Morgan fingerprint density at radius 3 is 3.00 bits per heavy atom. The molecule has 1 saturated heterocycles. The molecule has 0 bridgehead atoms. The van der Waals surface area contributed by atoms with Crippen LogP contribution in [0.25, 0.3) is 0 Å². The number of hydrogen-bond donors (Lipinski definition) is 2. The lowest BCUT2D eigenvalue weighted by atomic mass is 10.2. The molecule has 84 valence electrons. The summed E-state index contributed by atoms with van der Waals surface area (Å²) in [7, 11) is 0. The minimum Gasteiger partial charge on any atom is -0.312 e. The van der Waals surface area contributed by atoms with Crippen LogP contribution in [0.3, 0.4) is 0 Å². The quantitative estimate of drug-likeness (QED) is 0.680. The molecule has 0 unspecified atom stereocenters. The second kappa shape index (κ2) is 4.33. The van der Waals surface area contributed by atoms with E-state index in [0.717, 1.165) is 19.4 Å². The lowest BCUT2D eigenvalue weighted by molar-refractivity contribution is 0.491. The molecular weight excluding hydrogens is 208 g/mol. The van der Waals surface area contributed by atoms with Gasteiger partial charge in [-0.25, -0.2) is 4.79 Å². The summed E-state index contributed by atoms with van der Waals surface area (Å²) in [5, 5.41) is 11.9. The van der Waals surface area contributed by atoms with Gasteiger partial charge in [0.25, 0.3) is 5.56 Å². The summed E-state index contributed by atoms with van der Waals surface area (Å²) in [5.74, 6) is 0. The molecule has 2 rings (SSSR count). The van der Waals surface area contributed by atoms with Gasteiger partial charge in [0.15, 0.2) is 0 Å². The highest BCUT2D eigenvalue weighted by Gasteiger charge is 2.15. The number of aromatic nitrogens is 2. The van der Waals surface area contributed by atoms with Crippen LogP contribution >= 0.6 is 0 Å². The Labute approximate surface area is 91.5 Å². The highest BCUT2D eigenvalue weighted by atomic mass is 16.2. The zero-order valence-corrected chi connectivity index (χ0v) is 8.69. The maximum atomic E-state index is 11.5. The summed E-state index contributed by atoms with van der Waals surface area (Å²) < 4.78 is 1.38. The van der Waals surface area contributed by atoms with Crippen molar-refractivity contribution in [2.45, 2.75) is 25.4 Å². The number of nitrogens with zero attached hydrogens (tertiary/aromatic N) is 2. The SMILES string of the molecule is N#Cc1cn(C[C@@H]2CCCN2)c(=O)[nH]c1=O. The summed E-state index contributed by atoms with van der Waals surface area (Å²) in [5.41, 5.74) is -1.11. The van der Waals surface area contributed by atoms with E-state index < -0.39 is 11.2 Å². The fourth-order valence-corrected chi connectivity index (χ4v) is 1.87. The van der Waals surface area contributed by atoms with Crippen LogP contribution < -0.4 is 16.6 Å². The van der Waals surface area contributed by atoms with Crippen molar-refractivity contribution < 1.29 is 0 Å². The third-order valence-electron chi connectivity index (χ3n) is 2.71. The molecule has 6 heteroatoms. The molecule has 6 nitrogen and oxygen atoms in total. The van der Waals surface area contributed by atoms with Crippen LogP contribution in [0.15, 0.2) is 15.8 Å². The predicted octanol–water partition coefficient (Wildman–Crippen LogP) is -0.840. The smallest absolute Gasteiger partial charge is 0.312 e. The minimum absolute atomic E-state index is 0.0300. The van der Waals surface area contributed by atoms with Gasteiger partial charge in [-0.15, -0.1) is 0 Å². The van der Waals surface area contributed by atoms with E-state index in [1.807, 2.05) is 0 Å². The number of hydrogen-bond acceptors (Lipinski definition) is 4. The Morgan fingerprint density at radius 1 is 1.56 bits per heavy atom. The molecule has 2 N–H and O–H groups in total. The van der Waals surface area contributed by atoms with E-state index in [9.17, 15) is 9.59 Å². The normalized spacial score (nSPS) is 19.6. The van der Waals surface area contributed by atoms with Crippen LogP contribution in [0.2, 0.25) is 0 Å². The largest absolute Gasteiger partial charge is 0.328 e. The van der Waals surface area contributed by atoms with Gasteiger partial charge >= 0.3 is 5.69 Å². The van der Waals surface area contributed by atoms with Crippen LogP contribution in [0.1, 0.15) is 18.4 Å². The van der Waals surface area contributed by atoms with E-state index in [2.05, 4.69) is 10.3 Å². The molecule has 1 aromatic rings. The Morgan fingerprint density at radius 2 is 2.38 bits per heavy atom. The Balaban J connectivity index is 2.30. The summed E-state index contributed by atoms with van der Waals surface area (Å²) in [6.07, 6.45) is 3.42. The zero-order chi connectivity index (χ0) is 11.5. The van der Waals surface area contributed by atoms with E-state index in [4.69, 9.17) is 5.26 Å². The van der Waals surface area contributed by atoms with Crippen molar-refractivity contribution in [1.82, 2.24) is 14.9 Å². The molecule has 0 amide bonds. The van der Waals surface area contributed by atoms with Gasteiger partial charge in [-0.1, -0.05) is 0 Å². The molecule has 1 aliphatic rings. The molecule has 1 aliphatic heterocycles. The number of nitrogens with one attached hydrogen (secondary N) is 2. The number of rotatable bonds is 2. The van der Waals surface area contributed by atoms with Gasteiger partial charge < -0.3 is 5.32 Å². The van der Waals surface area contributed by atoms with Crippen LogP contribution in [-0.2, 0) is 6.54 Å². The van der Waals surface area contributed by atoms with Gasteiger partial charge in [0.05, 0.1) is 0 Å². The summed E-state index contributed by atoms with van der Waals surface area (Å²) in [6, 6.07) is 2.01. The van der Waals surface area contributed by atoms with E-state index in [1.165, 1.54) is 10.8 Å². The van der Waals surface area contributed by atoms with E-state index in [0.29, 0.717) is 6.54 Å². The first-order chi connectivity index (χ1) is 7.70. The molecule has 0 radical (unpaired) electrons. The van der Waals surface area contributed by atoms with E-state index >= 15 is 0 Å². The van der Waals surface area contributed by atoms with Gasteiger partial charge in [-0.3, -0.25) is 14.3 Å². The number of aromatic amines is 1. The maximum absolute atomic E-state index is 11.5. The molecule has 0 spiro atoms. The lowest BCUT2D eigenvalue weighted by Crippen LogP contribution is -2.36. The monoisotopic (exact) mass is 220 g/mol. The molecule has 1 atom stereocenters. The highest BCUT2D eigenvalue weighted by molar-refractivity contribution is 5.21. The van der Waals surface area contributed by atoms with Gasteiger partial charge in [0.1, 0.15) is 11.6 Å². The first kappa shape index (κ1) is 10.6. The fourth-order valence-electron chi connectivity index (χ4n) is 1.87. The van der Waals surface area contributed by atoms with Crippen molar-refractivity contribution in [3.8, 4) is 6.07 Å². The van der Waals surface area contributed by atoms with Crippen LogP contribution in [0.5, 0.6) is 0 Å². The summed E-state index contributed by atoms with van der Waals surface area (Å²) in [4.78, 5) is 24.8. The van der Waals surface area contributed by atoms with Crippen molar-refractivity contribution >= 4 is 0 Å². The van der Waals surface area contributed by atoms with Gasteiger partial charge in [-0.05, 0) is 19.4 Å².